The summed E-state index contributed by atoms with van der Waals surface area (Å²) in [6.45, 7) is 2.42. The van der Waals surface area contributed by atoms with Crippen LogP contribution in [0.3, 0.4) is 0 Å². The minimum absolute atomic E-state index is 0.0705. The largest absolute Gasteiger partial charge is 0.293 e. The van der Waals surface area contributed by atoms with Crippen molar-refractivity contribution in [3.05, 3.63) is 35.6 Å². The smallest absolute Gasteiger partial charge is 0.123 e. The summed E-state index contributed by atoms with van der Waals surface area (Å²) >= 11 is 0. The van der Waals surface area contributed by atoms with Gasteiger partial charge < -0.3 is 0 Å². The van der Waals surface area contributed by atoms with E-state index >= 15 is 0 Å². The summed E-state index contributed by atoms with van der Waals surface area (Å²) in [5.74, 6) is 1.57. The highest BCUT2D eigenvalue weighted by molar-refractivity contribution is 5.30. The standard InChI is InChI=1S/C17H22FN/c18-16-5-3-4-14(11-16)17(19-8-1-2-9-19)12-13-6-7-15(17)10-13/h3-5,11,13,15H,1-2,6-10,12H2. The van der Waals surface area contributed by atoms with Gasteiger partial charge in [-0.1, -0.05) is 18.6 Å². The Balaban J connectivity index is 1.80. The molecule has 0 aromatic heterocycles. The number of rotatable bonds is 2. The zero-order valence-corrected chi connectivity index (χ0v) is 11.4. The minimum Gasteiger partial charge on any atom is -0.293 e. The molecule has 0 amide bonds. The summed E-state index contributed by atoms with van der Waals surface area (Å²) in [6, 6.07) is 7.45. The third-order valence-corrected chi connectivity index (χ3v) is 5.81. The van der Waals surface area contributed by atoms with Crippen LogP contribution in [0.2, 0.25) is 0 Å². The predicted molar refractivity (Wildman–Crippen MR) is 74.3 cm³/mol. The van der Waals surface area contributed by atoms with Crippen LogP contribution in [0, 0.1) is 17.7 Å². The van der Waals surface area contributed by atoms with Crippen molar-refractivity contribution in [2.24, 2.45) is 11.8 Å². The Bertz CT molecular complexity index is 480. The Hall–Kier alpha value is -0.890. The first-order chi connectivity index (χ1) is 9.29. The first-order valence-corrected chi connectivity index (χ1v) is 7.80. The van der Waals surface area contributed by atoms with Gasteiger partial charge in [0.2, 0.25) is 0 Å². The molecule has 1 saturated heterocycles. The number of likely N-dealkylation sites (tertiary alicyclic amines) is 1. The maximum atomic E-state index is 13.7. The SMILES string of the molecule is Fc1cccc(C2(N3CCCC3)CC3CCC2C3)c1. The van der Waals surface area contributed by atoms with E-state index in [1.165, 1.54) is 57.2 Å². The van der Waals surface area contributed by atoms with Crippen molar-refractivity contribution in [3.8, 4) is 0 Å². The van der Waals surface area contributed by atoms with Crippen LogP contribution in [0.5, 0.6) is 0 Å². The van der Waals surface area contributed by atoms with E-state index in [1.807, 2.05) is 6.07 Å². The lowest BCUT2D eigenvalue weighted by Crippen LogP contribution is -2.48. The maximum absolute atomic E-state index is 13.7. The van der Waals surface area contributed by atoms with Crippen molar-refractivity contribution in [3.63, 3.8) is 0 Å². The van der Waals surface area contributed by atoms with Gasteiger partial charge >= 0.3 is 0 Å². The fourth-order valence-electron chi connectivity index (χ4n) is 5.10. The van der Waals surface area contributed by atoms with Crippen LogP contribution in [0.1, 0.15) is 44.1 Å². The molecule has 3 atom stereocenters. The van der Waals surface area contributed by atoms with Crippen LogP contribution in [0.15, 0.2) is 24.3 Å². The second-order valence-electron chi connectivity index (χ2n) is 6.71. The summed E-state index contributed by atoms with van der Waals surface area (Å²) in [7, 11) is 0. The highest BCUT2D eigenvalue weighted by Crippen LogP contribution is 2.59. The molecule has 102 valence electrons. The number of fused-ring (bicyclic) bond motifs is 2. The third kappa shape index (κ3) is 1.69. The van der Waals surface area contributed by atoms with Gasteiger partial charge in [0.15, 0.2) is 0 Å². The van der Waals surface area contributed by atoms with Crippen LogP contribution < -0.4 is 0 Å². The third-order valence-electron chi connectivity index (χ3n) is 5.81. The molecule has 1 nitrogen and oxygen atoms in total. The molecular weight excluding hydrogens is 237 g/mol. The maximum Gasteiger partial charge on any atom is 0.123 e. The van der Waals surface area contributed by atoms with Gasteiger partial charge in [0.25, 0.3) is 0 Å². The number of hydrogen-bond acceptors (Lipinski definition) is 1. The number of halogens is 1. The van der Waals surface area contributed by atoms with Crippen LogP contribution in [0.25, 0.3) is 0 Å². The van der Waals surface area contributed by atoms with Crippen LogP contribution >= 0.6 is 0 Å². The van der Waals surface area contributed by atoms with E-state index in [9.17, 15) is 4.39 Å². The molecule has 1 heterocycles. The fraction of sp³-hybridized carbons (Fsp3) is 0.647. The number of hydrogen-bond donors (Lipinski definition) is 0. The molecular formula is C17H22FN. The van der Waals surface area contributed by atoms with Gasteiger partial charge in [0, 0.05) is 5.54 Å². The van der Waals surface area contributed by atoms with Gasteiger partial charge in [-0.05, 0) is 74.7 Å². The zero-order chi connectivity index (χ0) is 12.9. The lowest BCUT2D eigenvalue weighted by Gasteiger charge is -2.46. The average Bonchev–Trinajstić information content (AvgIpc) is 3.15. The van der Waals surface area contributed by atoms with E-state index < -0.39 is 0 Å². The van der Waals surface area contributed by atoms with Gasteiger partial charge in [-0.25, -0.2) is 4.39 Å². The summed E-state index contributed by atoms with van der Waals surface area (Å²) in [6.07, 6.45) is 8.00. The summed E-state index contributed by atoms with van der Waals surface area (Å²) < 4.78 is 13.7. The molecule has 1 aromatic carbocycles. The molecule has 2 bridgehead atoms. The molecule has 2 heteroatoms. The van der Waals surface area contributed by atoms with Gasteiger partial charge in [-0.15, -0.1) is 0 Å². The molecule has 4 rings (SSSR count). The van der Waals surface area contributed by atoms with Crippen molar-refractivity contribution in [1.29, 1.82) is 0 Å². The first-order valence-electron chi connectivity index (χ1n) is 7.80. The molecule has 1 aliphatic heterocycles. The molecule has 3 aliphatic rings. The molecule has 3 unspecified atom stereocenters. The number of benzene rings is 1. The van der Waals surface area contributed by atoms with Crippen LogP contribution in [0.4, 0.5) is 4.39 Å². The minimum atomic E-state index is -0.0705. The summed E-state index contributed by atoms with van der Waals surface area (Å²) in [5.41, 5.74) is 1.42. The van der Waals surface area contributed by atoms with Crippen LogP contribution in [-0.4, -0.2) is 18.0 Å². The van der Waals surface area contributed by atoms with Crippen molar-refractivity contribution >= 4 is 0 Å². The van der Waals surface area contributed by atoms with E-state index in [1.54, 1.807) is 12.1 Å². The molecule has 2 aliphatic carbocycles. The van der Waals surface area contributed by atoms with E-state index in [0.29, 0.717) is 0 Å². The van der Waals surface area contributed by atoms with Crippen molar-refractivity contribution < 1.29 is 4.39 Å². The lowest BCUT2D eigenvalue weighted by molar-refractivity contribution is 0.0526. The summed E-state index contributed by atoms with van der Waals surface area (Å²) in [4.78, 5) is 2.69. The second kappa shape index (κ2) is 4.31. The van der Waals surface area contributed by atoms with Crippen molar-refractivity contribution in [2.45, 2.75) is 44.1 Å². The Morgan fingerprint density at radius 2 is 2.00 bits per heavy atom. The lowest BCUT2D eigenvalue weighted by atomic mass is 9.74. The molecule has 2 saturated carbocycles. The molecule has 0 N–H and O–H groups in total. The Kier molecular flexibility index (Phi) is 2.70. The molecule has 1 aromatic rings. The second-order valence-corrected chi connectivity index (χ2v) is 6.71. The molecule has 3 fully saturated rings. The zero-order valence-electron chi connectivity index (χ0n) is 11.4. The van der Waals surface area contributed by atoms with Gasteiger partial charge in [0.05, 0.1) is 0 Å². The van der Waals surface area contributed by atoms with E-state index in [0.717, 1.165) is 11.8 Å². The van der Waals surface area contributed by atoms with Crippen molar-refractivity contribution in [2.75, 3.05) is 13.1 Å². The Morgan fingerprint density at radius 3 is 2.63 bits per heavy atom. The predicted octanol–water partition coefficient (Wildman–Crippen LogP) is 3.94. The number of nitrogens with zero attached hydrogens (tertiary/aromatic N) is 1. The van der Waals surface area contributed by atoms with E-state index in [4.69, 9.17) is 0 Å². The molecule has 0 spiro atoms. The normalized spacial score (nSPS) is 38.2. The van der Waals surface area contributed by atoms with Crippen LogP contribution in [-0.2, 0) is 5.54 Å². The van der Waals surface area contributed by atoms with E-state index in [-0.39, 0.29) is 11.4 Å². The average molecular weight is 259 g/mol. The van der Waals surface area contributed by atoms with Crippen molar-refractivity contribution in [1.82, 2.24) is 4.90 Å². The molecule has 0 radical (unpaired) electrons. The highest BCUT2D eigenvalue weighted by Gasteiger charge is 2.55. The fourth-order valence-corrected chi connectivity index (χ4v) is 5.10. The molecule has 19 heavy (non-hydrogen) atoms. The monoisotopic (exact) mass is 259 g/mol. The summed E-state index contributed by atoms with van der Waals surface area (Å²) in [5, 5.41) is 0. The Labute approximate surface area is 114 Å². The highest BCUT2D eigenvalue weighted by atomic mass is 19.1. The van der Waals surface area contributed by atoms with Gasteiger partial charge in [0.1, 0.15) is 5.82 Å². The quantitative estimate of drug-likeness (QED) is 0.777. The van der Waals surface area contributed by atoms with E-state index in [2.05, 4.69) is 11.0 Å². The van der Waals surface area contributed by atoms with Gasteiger partial charge in [-0.3, -0.25) is 4.90 Å². The van der Waals surface area contributed by atoms with Gasteiger partial charge in [-0.2, -0.15) is 0 Å². The first kappa shape index (κ1) is 11.9. The Morgan fingerprint density at radius 1 is 1.16 bits per heavy atom. The topological polar surface area (TPSA) is 3.24 Å².